The van der Waals surface area contributed by atoms with Gasteiger partial charge in [0.25, 0.3) is 0 Å². The standard InChI is InChI=1S/C30H31IN6/c1-16-3-12-24(32-16)29-34-23-14-10-21-15-20(9-11-22(21)27(23)36-29)18-5-7-19(8-6-18)26-28(31)37-30(35-26)25-13-4-17(2)33-25/h5-11,14-17,24-25,32-33H,3-4,12-13H2,1-2H3,(H,34,36)(H,35,37)/t16?,17-,24-,25-/m0/s1. The number of halogens is 1. The molecular formula is C30H31IN6. The lowest BCUT2D eigenvalue weighted by molar-refractivity contribution is 0.564. The molecule has 0 bridgehead atoms. The van der Waals surface area contributed by atoms with Gasteiger partial charge in [-0.05, 0) is 90.8 Å². The van der Waals surface area contributed by atoms with Crippen molar-refractivity contribution in [3.8, 4) is 22.4 Å². The molecule has 0 radical (unpaired) electrons. The second kappa shape index (κ2) is 9.22. The molecule has 0 aliphatic carbocycles. The van der Waals surface area contributed by atoms with Crippen LogP contribution in [-0.4, -0.2) is 32.0 Å². The fourth-order valence-electron chi connectivity index (χ4n) is 6.00. The van der Waals surface area contributed by atoms with Crippen molar-refractivity contribution in [2.24, 2.45) is 0 Å². The van der Waals surface area contributed by atoms with E-state index in [9.17, 15) is 0 Å². The maximum atomic E-state index is 5.01. The lowest BCUT2D eigenvalue weighted by Gasteiger charge is -2.08. The first kappa shape index (κ1) is 23.4. The Morgan fingerprint density at radius 1 is 0.703 bits per heavy atom. The first-order valence-corrected chi connectivity index (χ1v) is 14.4. The van der Waals surface area contributed by atoms with Gasteiger partial charge in [0.05, 0.1) is 23.1 Å². The van der Waals surface area contributed by atoms with E-state index in [1.165, 1.54) is 34.7 Å². The lowest BCUT2D eigenvalue weighted by atomic mass is 9.99. The quantitative estimate of drug-likeness (QED) is 0.167. The topological polar surface area (TPSA) is 81.4 Å². The summed E-state index contributed by atoms with van der Waals surface area (Å²) in [6, 6.07) is 21.6. The van der Waals surface area contributed by atoms with Gasteiger partial charge >= 0.3 is 0 Å². The Labute approximate surface area is 230 Å². The van der Waals surface area contributed by atoms with E-state index in [-0.39, 0.29) is 0 Å². The molecule has 0 amide bonds. The first-order valence-electron chi connectivity index (χ1n) is 13.3. The molecule has 7 rings (SSSR count). The van der Waals surface area contributed by atoms with Crippen LogP contribution < -0.4 is 10.6 Å². The molecule has 0 saturated carbocycles. The molecular weight excluding hydrogens is 571 g/mol. The van der Waals surface area contributed by atoms with Crippen LogP contribution in [0.4, 0.5) is 0 Å². The van der Waals surface area contributed by atoms with Gasteiger partial charge in [-0.3, -0.25) is 0 Å². The molecule has 3 aromatic carbocycles. The molecule has 4 atom stereocenters. The summed E-state index contributed by atoms with van der Waals surface area (Å²) >= 11 is 2.37. The third-order valence-corrected chi connectivity index (χ3v) is 8.84. The fraction of sp³-hybridized carbons (Fsp3) is 0.333. The van der Waals surface area contributed by atoms with Crippen LogP contribution in [0, 0.1) is 3.70 Å². The number of aromatic amines is 2. The smallest absolute Gasteiger partial charge is 0.124 e. The van der Waals surface area contributed by atoms with Crippen LogP contribution in [0.3, 0.4) is 0 Å². The second-order valence-corrected chi connectivity index (χ2v) is 11.9. The fourth-order valence-corrected chi connectivity index (χ4v) is 6.70. The summed E-state index contributed by atoms with van der Waals surface area (Å²) in [7, 11) is 0. The Bertz CT molecular complexity index is 1600. The van der Waals surface area contributed by atoms with Crippen molar-refractivity contribution in [1.29, 1.82) is 0 Å². The van der Waals surface area contributed by atoms with Crippen molar-refractivity contribution in [3.63, 3.8) is 0 Å². The van der Waals surface area contributed by atoms with Crippen LogP contribution in [0.25, 0.3) is 44.2 Å². The summed E-state index contributed by atoms with van der Waals surface area (Å²) in [5.74, 6) is 2.11. The average Bonchev–Trinajstić information content (AvgIpc) is 3.70. The predicted molar refractivity (Wildman–Crippen MR) is 158 cm³/mol. The van der Waals surface area contributed by atoms with Crippen molar-refractivity contribution in [2.45, 2.75) is 63.7 Å². The van der Waals surface area contributed by atoms with E-state index in [0.717, 1.165) is 50.5 Å². The second-order valence-electron chi connectivity index (χ2n) is 10.8. The number of H-pyrrole nitrogens is 2. The zero-order valence-electron chi connectivity index (χ0n) is 21.1. The summed E-state index contributed by atoms with van der Waals surface area (Å²) in [5, 5.41) is 9.68. The van der Waals surface area contributed by atoms with Gasteiger partial charge in [-0.25, -0.2) is 9.97 Å². The van der Waals surface area contributed by atoms with E-state index in [2.05, 4.69) is 112 Å². The van der Waals surface area contributed by atoms with Crippen molar-refractivity contribution < 1.29 is 0 Å². The number of aromatic nitrogens is 4. The minimum Gasteiger partial charge on any atom is -0.341 e. The van der Waals surface area contributed by atoms with Crippen LogP contribution in [0.1, 0.15) is 63.3 Å². The molecule has 4 N–H and O–H groups in total. The Hall–Kier alpha value is -2.75. The highest BCUT2D eigenvalue weighted by molar-refractivity contribution is 14.1. The van der Waals surface area contributed by atoms with Crippen LogP contribution in [0.5, 0.6) is 0 Å². The van der Waals surface area contributed by atoms with Gasteiger partial charge < -0.3 is 20.6 Å². The van der Waals surface area contributed by atoms with Crippen molar-refractivity contribution >= 4 is 44.4 Å². The molecule has 6 nitrogen and oxygen atoms in total. The number of hydrogen-bond acceptors (Lipinski definition) is 4. The monoisotopic (exact) mass is 602 g/mol. The summed E-state index contributed by atoms with van der Waals surface area (Å²) in [6.45, 7) is 4.48. The highest BCUT2D eigenvalue weighted by Crippen LogP contribution is 2.34. The molecule has 5 aromatic rings. The number of benzene rings is 3. The minimum absolute atomic E-state index is 0.321. The largest absolute Gasteiger partial charge is 0.341 e. The predicted octanol–water partition coefficient (Wildman–Crippen LogP) is 7.00. The molecule has 0 spiro atoms. The van der Waals surface area contributed by atoms with Crippen LogP contribution in [0.15, 0.2) is 54.6 Å². The van der Waals surface area contributed by atoms with E-state index in [1.807, 2.05) is 0 Å². The lowest BCUT2D eigenvalue weighted by Crippen LogP contribution is -2.21. The van der Waals surface area contributed by atoms with Crippen molar-refractivity contribution in [3.05, 3.63) is 69.9 Å². The zero-order chi connectivity index (χ0) is 25.1. The number of fused-ring (bicyclic) bond motifs is 3. The molecule has 4 heterocycles. The molecule has 2 aliphatic rings. The molecule has 188 valence electrons. The van der Waals surface area contributed by atoms with E-state index < -0.39 is 0 Å². The number of nitrogens with one attached hydrogen (secondary N) is 4. The molecule has 7 heteroatoms. The molecule has 2 aromatic heterocycles. The van der Waals surface area contributed by atoms with Crippen molar-refractivity contribution in [2.75, 3.05) is 0 Å². The summed E-state index contributed by atoms with van der Waals surface area (Å²) in [4.78, 5) is 17.0. The number of nitrogens with zero attached hydrogens (tertiary/aromatic N) is 2. The first-order chi connectivity index (χ1) is 18.0. The SMILES string of the molecule is CC1CC[C@@H](c2nc3c(ccc4cc(-c5ccc(-c6nc([C@@H]7CC[C@H](C)N7)[nH]c6I)cc5)ccc43)[nH]2)N1. The van der Waals surface area contributed by atoms with Crippen LogP contribution >= 0.6 is 22.6 Å². The van der Waals surface area contributed by atoms with E-state index in [0.29, 0.717) is 24.2 Å². The Morgan fingerprint density at radius 3 is 2.03 bits per heavy atom. The Balaban J connectivity index is 1.17. The normalized spacial score (nSPS) is 24.0. The highest BCUT2D eigenvalue weighted by atomic mass is 127. The number of hydrogen-bond donors (Lipinski definition) is 4. The summed E-state index contributed by atoms with van der Waals surface area (Å²) in [5.41, 5.74) is 6.76. The van der Waals surface area contributed by atoms with Crippen molar-refractivity contribution in [1.82, 2.24) is 30.6 Å². The number of imidazole rings is 2. The third-order valence-electron chi connectivity index (χ3n) is 8.06. The molecule has 37 heavy (non-hydrogen) atoms. The van der Waals surface area contributed by atoms with Gasteiger partial charge in [-0.1, -0.05) is 42.5 Å². The van der Waals surface area contributed by atoms with Gasteiger partial charge in [0.15, 0.2) is 0 Å². The third kappa shape index (κ3) is 4.27. The minimum atomic E-state index is 0.321. The zero-order valence-corrected chi connectivity index (χ0v) is 23.3. The molecule has 1 unspecified atom stereocenters. The van der Waals surface area contributed by atoms with E-state index in [4.69, 9.17) is 9.97 Å². The molecule has 2 fully saturated rings. The molecule has 2 saturated heterocycles. The molecule has 2 aliphatic heterocycles. The maximum absolute atomic E-state index is 5.01. The van der Waals surface area contributed by atoms with Crippen LogP contribution in [0.2, 0.25) is 0 Å². The van der Waals surface area contributed by atoms with Crippen LogP contribution in [-0.2, 0) is 0 Å². The Morgan fingerprint density at radius 2 is 1.35 bits per heavy atom. The summed E-state index contributed by atoms with van der Waals surface area (Å²) in [6.07, 6.45) is 4.66. The van der Waals surface area contributed by atoms with E-state index >= 15 is 0 Å². The summed E-state index contributed by atoms with van der Waals surface area (Å²) < 4.78 is 1.09. The highest BCUT2D eigenvalue weighted by Gasteiger charge is 2.26. The van der Waals surface area contributed by atoms with Gasteiger partial charge in [-0.2, -0.15) is 0 Å². The van der Waals surface area contributed by atoms with Gasteiger partial charge in [-0.15, -0.1) is 0 Å². The number of rotatable bonds is 4. The van der Waals surface area contributed by atoms with Gasteiger partial charge in [0.2, 0.25) is 0 Å². The average molecular weight is 603 g/mol. The maximum Gasteiger partial charge on any atom is 0.124 e. The van der Waals surface area contributed by atoms with Gasteiger partial charge in [0.1, 0.15) is 21.0 Å². The van der Waals surface area contributed by atoms with E-state index in [1.54, 1.807) is 0 Å². The van der Waals surface area contributed by atoms with Gasteiger partial charge in [0, 0.05) is 23.0 Å². The Kier molecular flexibility index (Phi) is 5.82.